The van der Waals surface area contributed by atoms with E-state index in [1.165, 1.54) is 0 Å². The molecule has 0 aliphatic carbocycles. The van der Waals surface area contributed by atoms with E-state index in [9.17, 15) is 9.90 Å². The second-order valence-electron chi connectivity index (χ2n) is 3.94. The molecule has 1 saturated heterocycles. The van der Waals surface area contributed by atoms with Crippen LogP contribution in [0.5, 0.6) is 0 Å². The molecule has 1 aliphatic heterocycles. The number of halogens is 1. The van der Waals surface area contributed by atoms with Gasteiger partial charge in [-0.25, -0.2) is 0 Å². The highest BCUT2D eigenvalue weighted by Crippen LogP contribution is 2.24. The Balaban J connectivity index is 2.15. The molecular formula is C12H14INO2. The molecule has 1 fully saturated rings. The largest absolute Gasteiger partial charge is 0.372 e. The molecule has 1 N–H and O–H groups in total. The number of benzene rings is 1. The van der Waals surface area contributed by atoms with Crippen molar-refractivity contribution in [3.8, 4) is 0 Å². The minimum atomic E-state index is -0.651. The normalized spacial score (nSPS) is 25.5. The number of hydrogen-bond acceptors (Lipinski definition) is 2. The topological polar surface area (TPSA) is 40.5 Å². The van der Waals surface area contributed by atoms with Gasteiger partial charge in [-0.05, 0) is 25.0 Å². The van der Waals surface area contributed by atoms with E-state index in [1.54, 1.807) is 17.0 Å². The number of aliphatic hydroxyl groups excluding tert-OH is 1. The van der Waals surface area contributed by atoms with Crippen molar-refractivity contribution in [1.82, 2.24) is 4.90 Å². The molecule has 86 valence electrons. The van der Waals surface area contributed by atoms with Gasteiger partial charge in [0.05, 0.1) is 3.92 Å². The third-order valence-corrected chi connectivity index (χ3v) is 4.07. The second kappa shape index (κ2) is 5.14. The summed E-state index contributed by atoms with van der Waals surface area (Å²) in [5.41, 5.74) is 0.645. The van der Waals surface area contributed by atoms with Crippen LogP contribution in [0.25, 0.3) is 0 Å². The fourth-order valence-corrected chi connectivity index (χ4v) is 2.73. The Morgan fingerprint density at radius 3 is 2.75 bits per heavy atom. The summed E-state index contributed by atoms with van der Waals surface area (Å²) in [6.45, 7) is 0.647. The Morgan fingerprint density at radius 2 is 2.06 bits per heavy atom. The maximum absolute atomic E-state index is 12.1. The van der Waals surface area contributed by atoms with Gasteiger partial charge in [0.2, 0.25) is 0 Å². The third kappa shape index (κ3) is 2.38. The van der Waals surface area contributed by atoms with Gasteiger partial charge in [0, 0.05) is 12.1 Å². The molecule has 2 rings (SSSR count). The van der Waals surface area contributed by atoms with Gasteiger partial charge >= 0.3 is 0 Å². The number of hydrogen-bond donors (Lipinski definition) is 1. The predicted octanol–water partition coefficient (Wildman–Crippen LogP) is 2.04. The third-order valence-electron chi connectivity index (χ3n) is 2.80. The van der Waals surface area contributed by atoms with Crippen molar-refractivity contribution in [2.24, 2.45) is 0 Å². The van der Waals surface area contributed by atoms with E-state index in [2.05, 4.69) is 22.6 Å². The van der Waals surface area contributed by atoms with Gasteiger partial charge < -0.3 is 10.0 Å². The molecule has 0 radical (unpaired) electrons. The second-order valence-corrected chi connectivity index (χ2v) is 5.54. The van der Waals surface area contributed by atoms with E-state index >= 15 is 0 Å². The quantitative estimate of drug-likeness (QED) is 0.632. The number of rotatable bonds is 1. The van der Waals surface area contributed by atoms with Crippen LogP contribution in [0.4, 0.5) is 0 Å². The van der Waals surface area contributed by atoms with Crippen molar-refractivity contribution in [3.05, 3.63) is 35.9 Å². The predicted molar refractivity (Wildman–Crippen MR) is 70.5 cm³/mol. The summed E-state index contributed by atoms with van der Waals surface area (Å²) in [6.07, 6.45) is 1.28. The number of carbonyl (C=O) groups is 1. The number of piperidine rings is 1. The molecule has 3 nitrogen and oxygen atoms in total. The van der Waals surface area contributed by atoms with Gasteiger partial charge in [0.15, 0.2) is 0 Å². The van der Waals surface area contributed by atoms with Crippen molar-refractivity contribution < 1.29 is 9.90 Å². The van der Waals surface area contributed by atoms with Gasteiger partial charge in [-0.3, -0.25) is 4.79 Å². The van der Waals surface area contributed by atoms with Gasteiger partial charge in [-0.1, -0.05) is 40.8 Å². The zero-order chi connectivity index (χ0) is 11.5. The van der Waals surface area contributed by atoms with Crippen LogP contribution in [0.1, 0.15) is 23.2 Å². The number of alkyl halides is 1. The molecule has 0 aromatic heterocycles. The number of aliphatic hydroxyl groups is 1. The summed E-state index contributed by atoms with van der Waals surface area (Å²) >= 11 is 2.21. The fourth-order valence-electron chi connectivity index (χ4n) is 1.90. The molecule has 4 heteroatoms. The maximum atomic E-state index is 12.1. The highest BCUT2D eigenvalue weighted by atomic mass is 127. The van der Waals surface area contributed by atoms with Crippen LogP contribution in [-0.2, 0) is 0 Å². The summed E-state index contributed by atoms with van der Waals surface area (Å²) < 4.78 is 0.138. The number of likely N-dealkylation sites (tertiary alicyclic amines) is 1. The van der Waals surface area contributed by atoms with Crippen molar-refractivity contribution in [1.29, 1.82) is 0 Å². The van der Waals surface area contributed by atoms with E-state index in [4.69, 9.17) is 0 Å². The molecule has 1 amide bonds. The van der Waals surface area contributed by atoms with Crippen molar-refractivity contribution in [3.63, 3.8) is 0 Å². The fraction of sp³-hybridized carbons (Fsp3) is 0.417. The number of carbonyl (C=O) groups excluding carboxylic acids is 1. The first kappa shape index (κ1) is 11.9. The lowest BCUT2D eigenvalue weighted by atomic mass is 10.1. The summed E-state index contributed by atoms with van der Waals surface area (Å²) in [7, 11) is 0. The summed E-state index contributed by atoms with van der Waals surface area (Å²) in [5.74, 6) is -0.0746. The SMILES string of the molecule is O=C(c1ccccc1)N1CCC[C@@H](I)[C@@H]1O. The average Bonchev–Trinajstić information content (AvgIpc) is 2.33. The Kier molecular flexibility index (Phi) is 3.81. The van der Waals surface area contributed by atoms with E-state index in [1.807, 2.05) is 18.2 Å². The Labute approximate surface area is 109 Å². The van der Waals surface area contributed by atoms with Crippen LogP contribution in [-0.4, -0.2) is 32.6 Å². The van der Waals surface area contributed by atoms with Gasteiger partial charge in [0.1, 0.15) is 6.23 Å². The van der Waals surface area contributed by atoms with Crippen LogP contribution in [0.15, 0.2) is 30.3 Å². The van der Waals surface area contributed by atoms with E-state index in [0.717, 1.165) is 12.8 Å². The lowest BCUT2D eigenvalue weighted by Crippen LogP contribution is -2.48. The monoisotopic (exact) mass is 331 g/mol. The average molecular weight is 331 g/mol. The molecule has 1 aliphatic rings. The number of nitrogens with zero attached hydrogens (tertiary/aromatic N) is 1. The standard InChI is InChI=1S/C12H14INO2/c13-10-7-4-8-14(12(10)16)11(15)9-5-2-1-3-6-9/h1-3,5-6,10,12,16H,4,7-8H2/t10-,12+/m1/s1. The molecule has 1 heterocycles. The smallest absolute Gasteiger partial charge is 0.255 e. The van der Waals surface area contributed by atoms with Crippen LogP contribution in [0.2, 0.25) is 0 Å². The molecule has 1 aromatic carbocycles. The zero-order valence-corrected chi connectivity index (χ0v) is 11.0. The zero-order valence-electron chi connectivity index (χ0n) is 8.84. The van der Waals surface area contributed by atoms with Gasteiger partial charge in [0.25, 0.3) is 5.91 Å². The summed E-state index contributed by atoms with van der Waals surface area (Å²) in [6, 6.07) is 9.12. The molecule has 1 aromatic rings. The lowest BCUT2D eigenvalue weighted by Gasteiger charge is -2.35. The van der Waals surface area contributed by atoms with Crippen LogP contribution >= 0.6 is 22.6 Å². The van der Waals surface area contributed by atoms with Crippen LogP contribution in [0, 0.1) is 0 Å². The Bertz CT molecular complexity index is 369. The summed E-state index contributed by atoms with van der Waals surface area (Å²) in [4.78, 5) is 13.7. The highest BCUT2D eigenvalue weighted by Gasteiger charge is 2.31. The summed E-state index contributed by atoms with van der Waals surface area (Å²) in [5, 5.41) is 9.97. The molecule has 0 bridgehead atoms. The molecule has 0 spiro atoms. The molecule has 0 saturated carbocycles. The minimum Gasteiger partial charge on any atom is -0.372 e. The molecule has 2 atom stereocenters. The molecule has 16 heavy (non-hydrogen) atoms. The van der Waals surface area contributed by atoms with E-state index in [0.29, 0.717) is 12.1 Å². The highest BCUT2D eigenvalue weighted by molar-refractivity contribution is 14.1. The Hall–Kier alpha value is -0.620. The van der Waals surface area contributed by atoms with E-state index < -0.39 is 6.23 Å². The van der Waals surface area contributed by atoms with Gasteiger partial charge in [-0.15, -0.1) is 0 Å². The molecule has 0 unspecified atom stereocenters. The van der Waals surface area contributed by atoms with Crippen molar-refractivity contribution in [2.75, 3.05) is 6.54 Å². The van der Waals surface area contributed by atoms with Crippen LogP contribution in [0.3, 0.4) is 0 Å². The van der Waals surface area contributed by atoms with E-state index in [-0.39, 0.29) is 9.83 Å². The Morgan fingerprint density at radius 1 is 1.38 bits per heavy atom. The van der Waals surface area contributed by atoms with Crippen molar-refractivity contribution in [2.45, 2.75) is 23.0 Å². The van der Waals surface area contributed by atoms with Crippen molar-refractivity contribution >= 4 is 28.5 Å². The van der Waals surface area contributed by atoms with Gasteiger partial charge in [-0.2, -0.15) is 0 Å². The lowest BCUT2D eigenvalue weighted by molar-refractivity contribution is -0.00499. The minimum absolute atomic E-state index is 0.0746. The maximum Gasteiger partial charge on any atom is 0.255 e. The first-order chi connectivity index (χ1) is 7.70. The van der Waals surface area contributed by atoms with Crippen LogP contribution < -0.4 is 0 Å². The first-order valence-corrected chi connectivity index (χ1v) is 6.63. The number of amides is 1. The first-order valence-electron chi connectivity index (χ1n) is 5.38. The molecular weight excluding hydrogens is 317 g/mol.